The van der Waals surface area contributed by atoms with E-state index in [1.165, 1.54) is 36.4 Å². The first-order valence-electron chi connectivity index (χ1n) is 7.87. The van der Waals surface area contributed by atoms with Crippen molar-refractivity contribution in [2.24, 2.45) is 0 Å². The van der Waals surface area contributed by atoms with Gasteiger partial charge in [-0.25, -0.2) is 4.39 Å². The highest BCUT2D eigenvalue weighted by Gasteiger charge is 2.57. The number of anilines is 2. The van der Waals surface area contributed by atoms with Gasteiger partial charge in [0.25, 0.3) is 0 Å². The Kier molecular flexibility index (Phi) is 5.47. The fourth-order valence-electron chi connectivity index (χ4n) is 2.66. The summed E-state index contributed by atoms with van der Waals surface area (Å²) in [6.45, 7) is 0. The first kappa shape index (κ1) is 20.3. The molecule has 3 rings (SSSR count). The van der Waals surface area contributed by atoms with Crippen molar-refractivity contribution >= 4 is 40.5 Å². The second-order valence-electron chi connectivity index (χ2n) is 5.89. The maximum absolute atomic E-state index is 13.8. The molecular weight excluding hydrogens is 416 g/mol. The molecule has 1 unspecified atom stereocenters. The number of hydrogen-bond donors (Lipinski definition) is 3. The molecule has 0 aliphatic heterocycles. The van der Waals surface area contributed by atoms with Crippen LogP contribution in [0.2, 0.25) is 4.34 Å². The van der Waals surface area contributed by atoms with Gasteiger partial charge in [-0.2, -0.15) is 13.2 Å². The molecule has 28 heavy (non-hydrogen) atoms. The van der Waals surface area contributed by atoms with E-state index in [-0.39, 0.29) is 14.8 Å². The maximum atomic E-state index is 13.8. The highest BCUT2D eigenvalue weighted by molar-refractivity contribution is 7.16. The fraction of sp³-hybridized carbons (Fsp3) is 0.105. The van der Waals surface area contributed by atoms with Gasteiger partial charge in [-0.05, 0) is 54.1 Å². The van der Waals surface area contributed by atoms with Crippen LogP contribution in [0.3, 0.4) is 0 Å². The van der Waals surface area contributed by atoms with Crippen molar-refractivity contribution in [1.29, 1.82) is 5.41 Å². The van der Waals surface area contributed by atoms with Crippen molar-refractivity contribution in [3.8, 4) is 0 Å². The van der Waals surface area contributed by atoms with Crippen molar-refractivity contribution < 1.29 is 22.7 Å². The molecule has 2 aromatic carbocycles. The van der Waals surface area contributed by atoms with E-state index in [1.54, 1.807) is 0 Å². The van der Waals surface area contributed by atoms with Crippen molar-refractivity contribution in [3.05, 3.63) is 80.8 Å². The second kappa shape index (κ2) is 7.54. The topological polar surface area (TPSA) is 56.1 Å². The first-order valence-corrected chi connectivity index (χ1v) is 9.07. The highest BCUT2D eigenvalue weighted by Crippen LogP contribution is 2.47. The summed E-state index contributed by atoms with van der Waals surface area (Å²) in [5.74, 6) is -0.432. The molecule has 3 aromatic rings. The zero-order chi connectivity index (χ0) is 20.5. The minimum atomic E-state index is -5.01. The van der Waals surface area contributed by atoms with Crippen LogP contribution >= 0.6 is 22.9 Å². The third-order valence-electron chi connectivity index (χ3n) is 4.09. The Hall–Kier alpha value is -2.42. The van der Waals surface area contributed by atoms with Crippen LogP contribution in [0.25, 0.3) is 0 Å². The molecule has 3 N–H and O–H groups in total. The summed E-state index contributed by atoms with van der Waals surface area (Å²) >= 11 is 6.38. The van der Waals surface area contributed by atoms with E-state index in [2.05, 4.69) is 5.32 Å². The zero-order valence-corrected chi connectivity index (χ0v) is 15.6. The van der Waals surface area contributed by atoms with E-state index in [0.29, 0.717) is 22.7 Å². The summed E-state index contributed by atoms with van der Waals surface area (Å²) in [5.41, 5.74) is -2.77. The zero-order valence-electron chi connectivity index (χ0n) is 14.0. The van der Waals surface area contributed by atoms with Gasteiger partial charge in [-0.15, -0.1) is 11.3 Å². The number of benzene rings is 2. The molecule has 0 saturated heterocycles. The van der Waals surface area contributed by atoms with Crippen LogP contribution in [-0.2, 0) is 5.60 Å². The number of aliphatic hydroxyl groups is 1. The van der Waals surface area contributed by atoms with Crippen molar-refractivity contribution in [2.45, 2.75) is 11.8 Å². The molecule has 0 spiro atoms. The lowest BCUT2D eigenvalue weighted by Crippen LogP contribution is -2.42. The lowest BCUT2D eigenvalue weighted by Gasteiger charge is -2.30. The van der Waals surface area contributed by atoms with Crippen molar-refractivity contribution in [3.63, 3.8) is 0 Å². The van der Waals surface area contributed by atoms with E-state index < -0.39 is 23.2 Å². The molecule has 1 atom stereocenters. The quantitative estimate of drug-likeness (QED) is 0.340. The van der Waals surface area contributed by atoms with Crippen LogP contribution in [0.5, 0.6) is 0 Å². The summed E-state index contributed by atoms with van der Waals surface area (Å²) < 4.78 is 54.6. The summed E-state index contributed by atoms with van der Waals surface area (Å²) in [6.07, 6.45) is -4.14. The Morgan fingerprint density at radius 3 is 2.25 bits per heavy atom. The average molecular weight is 429 g/mol. The minimum absolute atomic E-state index is 0.111. The molecule has 0 bridgehead atoms. The Labute approximate surface area is 166 Å². The van der Waals surface area contributed by atoms with Gasteiger partial charge in [0, 0.05) is 23.2 Å². The molecule has 146 valence electrons. The minimum Gasteiger partial charge on any atom is -0.372 e. The summed E-state index contributed by atoms with van der Waals surface area (Å²) in [4.78, 5) is -0.375. The smallest absolute Gasteiger partial charge is 0.372 e. The summed E-state index contributed by atoms with van der Waals surface area (Å²) in [6, 6.07) is 11.3. The number of thiophene rings is 1. The van der Waals surface area contributed by atoms with Crippen LogP contribution in [0.4, 0.5) is 28.9 Å². The largest absolute Gasteiger partial charge is 0.426 e. The maximum Gasteiger partial charge on any atom is 0.426 e. The molecule has 0 aliphatic rings. The fourth-order valence-corrected chi connectivity index (χ4v) is 3.84. The molecule has 9 heteroatoms. The van der Waals surface area contributed by atoms with Crippen LogP contribution in [-0.4, -0.2) is 17.5 Å². The van der Waals surface area contributed by atoms with Gasteiger partial charge in [0.15, 0.2) is 0 Å². The SMILES string of the molecule is N=Cc1cc(C(O)(c2ccc(Cl)s2)C(F)(F)F)ccc1Nc1ccc(F)cc1. The molecule has 0 saturated carbocycles. The summed E-state index contributed by atoms with van der Waals surface area (Å²) in [5, 5.41) is 21.1. The van der Waals surface area contributed by atoms with Crippen LogP contribution < -0.4 is 5.32 Å². The Bertz CT molecular complexity index is 1000. The standard InChI is InChI=1S/C19H13ClF4N2OS/c20-17-8-7-16(28-17)18(27,19(22,23)24)12-1-6-15(11(9-12)10-25)26-14-4-2-13(21)3-5-14/h1-10,25-27H. The predicted octanol–water partition coefficient (Wildman–Crippen LogP) is 6.08. The highest BCUT2D eigenvalue weighted by atomic mass is 35.5. The molecule has 1 heterocycles. The monoisotopic (exact) mass is 428 g/mol. The number of hydrogen-bond acceptors (Lipinski definition) is 4. The molecule has 0 radical (unpaired) electrons. The third kappa shape index (κ3) is 3.76. The molecule has 0 aliphatic carbocycles. The second-order valence-corrected chi connectivity index (χ2v) is 7.61. The Balaban J connectivity index is 2.06. The lowest BCUT2D eigenvalue weighted by molar-refractivity contribution is -0.247. The molecule has 0 amide bonds. The number of halogens is 5. The van der Waals surface area contributed by atoms with Gasteiger partial charge in [-0.3, -0.25) is 0 Å². The van der Waals surface area contributed by atoms with Gasteiger partial charge in [0.2, 0.25) is 5.60 Å². The van der Waals surface area contributed by atoms with Gasteiger partial charge in [-0.1, -0.05) is 17.7 Å². The normalized spacial score (nSPS) is 13.8. The van der Waals surface area contributed by atoms with Crippen LogP contribution in [0.15, 0.2) is 54.6 Å². The first-order chi connectivity index (χ1) is 13.1. The van der Waals surface area contributed by atoms with Crippen LogP contribution in [0.1, 0.15) is 16.0 Å². The Morgan fingerprint density at radius 2 is 1.71 bits per heavy atom. The number of nitrogens with one attached hydrogen (secondary N) is 2. The average Bonchev–Trinajstić information content (AvgIpc) is 3.09. The predicted molar refractivity (Wildman–Crippen MR) is 102 cm³/mol. The van der Waals surface area contributed by atoms with E-state index in [0.717, 1.165) is 24.4 Å². The summed E-state index contributed by atoms with van der Waals surface area (Å²) in [7, 11) is 0. The van der Waals surface area contributed by atoms with Gasteiger partial charge in [0.05, 0.1) is 9.21 Å². The molecule has 1 aromatic heterocycles. The van der Waals surface area contributed by atoms with Gasteiger partial charge in [0.1, 0.15) is 5.82 Å². The molecular formula is C19H13ClF4N2OS. The third-order valence-corrected chi connectivity index (χ3v) is 5.43. The van der Waals surface area contributed by atoms with E-state index >= 15 is 0 Å². The van der Waals surface area contributed by atoms with E-state index in [4.69, 9.17) is 17.0 Å². The van der Waals surface area contributed by atoms with Crippen molar-refractivity contribution in [2.75, 3.05) is 5.32 Å². The lowest BCUT2D eigenvalue weighted by atomic mass is 9.89. The Morgan fingerprint density at radius 1 is 1.04 bits per heavy atom. The number of rotatable bonds is 5. The van der Waals surface area contributed by atoms with E-state index in [9.17, 15) is 22.7 Å². The molecule has 3 nitrogen and oxygen atoms in total. The number of alkyl halides is 3. The van der Waals surface area contributed by atoms with Gasteiger partial charge < -0.3 is 15.8 Å². The van der Waals surface area contributed by atoms with Gasteiger partial charge >= 0.3 is 6.18 Å². The van der Waals surface area contributed by atoms with E-state index in [1.807, 2.05) is 0 Å². The molecule has 0 fully saturated rings. The van der Waals surface area contributed by atoms with Crippen molar-refractivity contribution in [1.82, 2.24) is 0 Å². The van der Waals surface area contributed by atoms with Crippen LogP contribution in [0, 0.1) is 11.2 Å².